The third-order valence-corrected chi connectivity index (χ3v) is 4.12. The van der Waals surface area contributed by atoms with Gasteiger partial charge >= 0.3 is 0 Å². The molecule has 0 bridgehead atoms. The van der Waals surface area contributed by atoms with Crippen molar-refractivity contribution in [3.05, 3.63) is 53.6 Å². The van der Waals surface area contributed by atoms with Crippen molar-refractivity contribution < 1.29 is 4.79 Å². The van der Waals surface area contributed by atoms with E-state index in [9.17, 15) is 4.79 Å². The van der Waals surface area contributed by atoms with Gasteiger partial charge in [0.1, 0.15) is 5.82 Å². The standard InChI is InChI=1S/C20H23N3O/c1-3-4-5-12-21-20(24)16-9-7-15(8-10-16)19-22-17-11-6-14(2)13-18(17)23-19/h6-11,13H,3-5,12H2,1-2H3,(H,21,24)(H,22,23). The van der Waals surface area contributed by atoms with Crippen LogP contribution in [0.5, 0.6) is 0 Å². The number of nitrogens with one attached hydrogen (secondary N) is 2. The van der Waals surface area contributed by atoms with Crippen molar-refractivity contribution in [2.75, 3.05) is 6.54 Å². The number of unbranched alkanes of at least 4 members (excludes halogenated alkanes) is 2. The lowest BCUT2D eigenvalue weighted by atomic mass is 10.1. The summed E-state index contributed by atoms with van der Waals surface area (Å²) in [7, 11) is 0. The summed E-state index contributed by atoms with van der Waals surface area (Å²) in [6, 6.07) is 13.7. The highest BCUT2D eigenvalue weighted by Gasteiger charge is 2.08. The van der Waals surface area contributed by atoms with E-state index in [-0.39, 0.29) is 5.91 Å². The van der Waals surface area contributed by atoms with Crippen LogP contribution in [0.15, 0.2) is 42.5 Å². The Balaban J connectivity index is 1.72. The number of imidazole rings is 1. The molecule has 0 fully saturated rings. The smallest absolute Gasteiger partial charge is 0.251 e. The van der Waals surface area contributed by atoms with Gasteiger partial charge in [0, 0.05) is 17.7 Å². The Morgan fingerprint density at radius 1 is 1.12 bits per heavy atom. The van der Waals surface area contributed by atoms with Gasteiger partial charge in [0.25, 0.3) is 5.91 Å². The molecule has 124 valence electrons. The first-order valence-electron chi connectivity index (χ1n) is 8.52. The van der Waals surface area contributed by atoms with Gasteiger partial charge in [-0.3, -0.25) is 4.79 Å². The van der Waals surface area contributed by atoms with Crippen LogP contribution in [-0.2, 0) is 0 Å². The second kappa shape index (κ2) is 7.30. The molecule has 2 aromatic carbocycles. The Morgan fingerprint density at radius 2 is 1.92 bits per heavy atom. The quantitative estimate of drug-likeness (QED) is 0.659. The molecule has 0 radical (unpaired) electrons. The molecule has 0 aliphatic carbocycles. The number of aromatic nitrogens is 2. The van der Waals surface area contributed by atoms with E-state index in [1.54, 1.807) is 0 Å². The monoisotopic (exact) mass is 321 g/mol. The van der Waals surface area contributed by atoms with Gasteiger partial charge in [-0.05, 0) is 43.2 Å². The predicted molar refractivity (Wildman–Crippen MR) is 98.1 cm³/mol. The van der Waals surface area contributed by atoms with Gasteiger partial charge in [0.05, 0.1) is 11.0 Å². The lowest BCUT2D eigenvalue weighted by Gasteiger charge is -2.05. The van der Waals surface area contributed by atoms with E-state index in [1.165, 1.54) is 5.56 Å². The number of carbonyl (C=O) groups excluding carboxylic acids is 1. The fourth-order valence-electron chi connectivity index (χ4n) is 2.72. The molecule has 0 saturated carbocycles. The number of hydrogen-bond acceptors (Lipinski definition) is 2. The molecular weight excluding hydrogens is 298 g/mol. The van der Waals surface area contributed by atoms with Crippen molar-refractivity contribution in [2.45, 2.75) is 33.1 Å². The molecule has 2 N–H and O–H groups in total. The van der Waals surface area contributed by atoms with Gasteiger partial charge in [-0.2, -0.15) is 0 Å². The Bertz CT molecular complexity index is 834. The van der Waals surface area contributed by atoms with E-state index in [1.807, 2.05) is 30.3 Å². The molecule has 0 aliphatic heterocycles. The zero-order valence-electron chi connectivity index (χ0n) is 14.2. The van der Waals surface area contributed by atoms with Crippen LogP contribution in [-0.4, -0.2) is 22.4 Å². The molecule has 1 heterocycles. The third-order valence-electron chi connectivity index (χ3n) is 4.12. The molecule has 24 heavy (non-hydrogen) atoms. The number of nitrogens with zero attached hydrogens (tertiary/aromatic N) is 1. The average Bonchev–Trinajstić information content (AvgIpc) is 3.02. The van der Waals surface area contributed by atoms with Crippen LogP contribution in [0.25, 0.3) is 22.4 Å². The number of fused-ring (bicyclic) bond motifs is 1. The average molecular weight is 321 g/mol. The summed E-state index contributed by atoms with van der Waals surface area (Å²) in [5, 5.41) is 2.96. The van der Waals surface area contributed by atoms with Gasteiger partial charge < -0.3 is 10.3 Å². The zero-order valence-corrected chi connectivity index (χ0v) is 14.2. The SMILES string of the molecule is CCCCCNC(=O)c1ccc(-c2nc3ccc(C)cc3[nH]2)cc1. The minimum atomic E-state index is -0.0158. The Kier molecular flexibility index (Phi) is 4.94. The highest BCUT2D eigenvalue weighted by molar-refractivity contribution is 5.94. The molecule has 4 nitrogen and oxygen atoms in total. The lowest BCUT2D eigenvalue weighted by Crippen LogP contribution is -2.24. The molecule has 0 aliphatic rings. The first kappa shape index (κ1) is 16.2. The fraction of sp³-hybridized carbons (Fsp3) is 0.300. The van der Waals surface area contributed by atoms with Gasteiger partial charge in [-0.25, -0.2) is 4.98 Å². The Morgan fingerprint density at radius 3 is 2.67 bits per heavy atom. The van der Waals surface area contributed by atoms with Gasteiger partial charge in [-0.1, -0.05) is 38.0 Å². The molecule has 3 aromatic rings. The lowest BCUT2D eigenvalue weighted by molar-refractivity contribution is 0.0953. The summed E-state index contributed by atoms with van der Waals surface area (Å²) < 4.78 is 0. The minimum Gasteiger partial charge on any atom is -0.352 e. The topological polar surface area (TPSA) is 57.8 Å². The molecule has 1 aromatic heterocycles. The number of benzene rings is 2. The maximum absolute atomic E-state index is 12.1. The largest absolute Gasteiger partial charge is 0.352 e. The first-order valence-corrected chi connectivity index (χ1v) is 8.52. The first-order chi connectivity index (χ1) is 11.7. The van der Waals surface area contributed by atoms with Gasteiger partial charge in [-0.15, -0.1) is 0 Å². The second-order valence-electron chi connectivity index (χ2n) is 6.15. The predicted octanol–water partition coefficient (Wildman–Crippen LogP) is 4.46. The molecule has 4 heteroatoms. The maximum Gasteiger partial charge on any atom is 0.251 e. The van der Waals surface area contributed by atoms with E-state index >= 15 is 0 Å². The highest BCUT2D eigenvalue weighted by Crippen LogP contribution is 2.21. The second-order valence-corrected chi connectivity index (χ2v) is 6.15. The number of hydrogen-bond donors (Lipinski definition) is 2. The van der Waals surface area contributed by atoms with E-state index in [0.717, 1.165) is 48.2 Å². The summed E-state index contributed by atoms with van der Waals surface area (Å²) in [4.78, 5) is 20.1. The summed E-state index contributed by atoms with van der Waals surface area (Å²) in [6.45, 7) is 4.95. The van der Waals surface area contributed by atoms with Crippen LogP contribution >= 0.6 is 0 Å². The van der Waals surface area contributed by atoms with Crippen LogP contribution < -0.4 is 5.32 Å². The van der Waals surface area contributed by atoms with Crippen molar-refractivity contribution in [1.82, 2.24) is 15.3 Å². The molecule has 0 atom stereocenters. The van der Waals surface area contributed by atoms with Gasteiger partial charge in [0.2, 0.25) is 0 Å². The van der Waals surface area contributed by atoms with E-state index in [0.29, 0.717) is 5.56 Å². The van der Waals surface area contributed by atoms with Crippen molar-refractivity contribution >= 4 is 16.9 Å². The van der Waals surface area contributed by atoms with Crippen molar-refractivity contribution in [3.63, 3.8) is 0 Å². The maximum atomic E-state index is 12.1. The van der Waals surface area contributed by atoms with E-state index < -0.39 is 0 Å². The molecule has 0 unspecified atom stereocenters. The number of aryl methyl sites for hydroxylation is 1. The van der Waals surface area contributed by atoms with Crippen LogP contribution in [0.2, 0.25) is 0 Å². The molecule has 1 amide bonds. The number of H-pyrrole nitrogens is 1. The normalized spacial score (nSPS) is 10.9. The van der Waals surface area contributed by atoms with Crippen LogP contribution in [0, 0.1) is 6.92 Å². The zero-order chi connectivity index (χ0) is 16.9. The summed E-state index contributed by atoms with van der Waals surface area (Å²) in [6.07, 6.45) is 3.32. The molecule has 3 rings (SSSR count). The number of rotatable bonds is 6. The highest BCUT2D eigenvalue weighted by atomic mass is 16.1. The number of carbonyl (C=O) groups is 1. The summed E-state index contributed by atoms with van der Waals surface area (Å²) >= 11 is 0. The number of aromatic amines is 1. The van der Waals surface area contributed by atoms with Crippen LogP contribution in [0.4, 0.5) is 0 Å². The summed E-state index contributed by atoms with van der Waals surface area (Å²) in [5.41, 5.74) is 4.84. The fourth-order valence-corrected chi connectivity index (χ4v) is 2.72. The van der Waals surface area contributed by atoms with Gasteiger partial charge in [0.15, 0.2) is 0 Å². The Labute approximate surface area is 142 Å². The van der Waals surface area contributed by atoms with Crippen molar-refractivity contribution in [2.24, 2.45) is 0 Å². The molecular formula is C20H23N3O. The number of amides is 1. The molecule has 0 saturated heterocycles. The minimum absolute atomic E-state index is 0.0158. The summed E-state index contributed by atoms with van der Waals surface area (Å²) in [5.74, 6) is 0.809. The van der Waals surface area contributed by atoms with Crippen LogP contribution in [0.3, 0.4) is 0 Å². The Hall–Kier alpha value is -2.62. The van der Waals surface area contributed by atoms with Crippen molar-refractivity contribution in [1.29, 1.82) is 0 Å². The van der Waals surface area contributed by atoms with Crippen molar-refractivity contribution in [3.8, 4) is 11.4 Å². The molecule has 0 spiro atoms. The van der Waals surface area contributed by atoms with Crippen LogP contribution in [0.1, 0.15) is 42.1 Å². The third kappa shape index (κ3) is 3.65. The van der Waals surface area contributed by atoms with E-state index in [4.69, 9.17) is 0 Å². The van der Waals surface area contributed by atoms with E-state index in [2.05, 4.69) is 41.3 Å².